The van der Waals surface area contributed by atoms with Gasteiger partial charge in [-0.3, -0.25) is 4.79 Å². The number of hydrogen-bond donors (Lipinski definition) is 2. The molecule has 0 heterocycles. The number of primary sulfonamides is 1. The molecule has 1 atom stereocenters. The van der Waals surface area contributed by atoms with Crippen LogP contribution in [0.15, 0.2) is 53.4 Å². The molecule has 0 bridgehead atoms. The molecule has 0 aliphatic rings. The predicted octanol–water partition coefficient (Wildman–Crippen LogP) is 1.88. The van der Waals surface area contributed by atoms with Crippen LogP contribution in [0.3, 0.4) is 0 Å². The fourth-order valence-electron chi connectivity index (χ4n) is 2.28. The molecule has 2 aromatic carbocycles. The van der Waals surface area contributed by atoms with Crippen LogP contribution < -0.4 is 15.2 Å². The second kappa shape index (κ2) is 7.46. The first-order valence-corrected chi connectivity index (χ1v) is 8.91. The van der Waals surface area contributed by atoms with Crippen LogP contribution in [0.2, 0.25) is 0 Å². The van der Waals surface area contributed by atoms with Crippen LogP contribution in [0.4, 0.5) is 0 Å². The van der Waals surface area contributed by atoms with Gasteiger partial charge in [-0.05, 0) is 29.7 Å². The summed E-state index contributed by atoms with van der Waals surface area (Å²) in [7, 11) is -2.48. The minimum absolute atomic E-state index is 0.113. The summed E-state index contributed by atoms with van der Waals surface area (Å²) in [6.45, 7) is 2.40. The smallest absolute Gasteiger partial charge is 0.255 e. The van der Waals surface area contributed by atoms with Crippen LogP contribution in [-0.4, -0.2) is 28.0 Å². The maximum absolute atomic E-state index is 12.4. The summed E-state index contributed by atoms with van der Waals surface area (Å²) >= 11 is 0. The van der Waals surface area contributed by atoms with E-state index < -0.39 is 15.9 Å². The molecule has 7 heteroatoms. The highest BCUT2D eigenvalue weighted by Gasteiger charge is 2.18. The Hall–Kier alpha value is -2.38. The number of ether oxygens (including phenoxy) is 1. The molecular formula is C17H20N2O4S. The Morgan fingerprint density at radius 3 is 2.46 bits per heavy atom. The second-order valence-corrected chi connectivity index (χ2v) is 6.99. The number of sulfonamides is 1. The zero-order valence-electron chi connectivity index (χ0n) is 13.5. The van der Waals surface area contributed by atoms with Gasteiger partial charge < -0.3 is 10.1 Å². The monoisotopic (exact) mass is 348 g/mol. The molecule has 0 fully saturated rings. The number of nitrogens with one attached hydrogen (secondary N) is 1. The highest BCUT2D eigenvalue weighted by atomic mass is 32.2. The largest absolute Gasteiger partial charge is 0.496 e. The van der Waals surface area contributed by atoms with Crippen LogP contribution in [-0.2, 0) is 10.0 Å². The third-order valence-corrected chi connectivity index (χ3v) is 4.59. The summed E-state index contributed by atoms with van der Waals surface area (Å²) in [6.07, 6.45) is 0. The lowest BCUT2D eigenvalue weighted by atomic mass is 10.0. The van der Waals surface area contributed by atoms with E-state index in [4.69, 9.17) is 9.88 Å². The quantitative estimate of drug-likeness (QED) is 0.832. The van der Waals surface area contributed by atoms with Crippen LogP contribution in [0, 0.1) is 0 Å². The van der Waals surface area contributed by atoms with Gasteiger partial charge in [0.15, 0.2) is 0 Å². The van der Waals surface area contributed by atoms with E-state index in [0.29, 0.717) is 6.54 Å². The molecule has 1 amide bonds. The van der Waals surface area contributed by atoms with Crippen molar-refractivity contribution in [2.75, 3.05) is 13.7 Å². The summed E-state index contributed by atoms with van der Waals surface area (Å²) in [6, 6.07) is 13.7. The van der Waals surface area contributed by atoms with E-state index in [9.17, 15) is 13.2 Å². The molecule has 0 saturated carbocycles. The zero-order valence-corrected chi connectivity index (χ0v) is 14.3. The summed E-state index contributed by atoms with van der Waals surface area (Å²) in [5, 5.41) is 7.91. The summed E-state index contributed by atoms with van der Waals surface area (Å²) in [5.74, 6) is -0.0186. The molecule has 3 N–H and O–H groups in total. The van der Waals surface area contributed by atoms with Crippen LogP contribution in [0.25, 0.3) is 0 Å². The van der Waals surface area contributed by atoms with Gasteiger partial charge in [-0.1, -0.05) is 37.3 Å². The lowest BCUT2D eigenvalue weighted by Gasteiger charge is -2.14. The second-order valence-electron chi connectivity index (χ2n) is 5.43. The Bertz CT molecular complexity index is 820. The zero-order chi connectivity index (χ0) is 17.7. The van der Waals surface area contributed by atoms with Gasteiger partial charge in [-0.25, -0.2) is 13.6 Å². The maximum atomic E-state index is 12.4. The molecule has 128 valence electrons. The Morgan fingerprint density at radius 2 is 1.88 bits per heavy atom. The van der Waals surface area contributed by atoms with Crippen molar-refractivity contribution in [3.63, 3.8) is 0 Å². The van der Waals surface area contributed by atoms with Gasteiger partial charge in [-0.2, -0.15) is 0 Å². The Balaban J connectivity index is 2.17. The Morgan fingerprint density at radius 1 is 1.21 bits per heavy atom. The van der Waals surface area contributed by atoms with Crippen molar-refractivity contribution in [2.24, 2.45) is 5.14 Å². The molecule has 0 unspecified atom stereocenters. The van der Waals surface area contributed by atoms with Gasteiger partial charge in [-0.15, -0.1) is 0 Å². The van der Waals surface area contributed by atoms with Crippen molar-refractivity contribution in [3.05, 3.63) is 59.7 Å². The number of carbonyl (C=O) groups is 1. The number of benzene rings is 2. The van der Waals surface area contributed by atoms with Gasteiger partial charge in [0, 0.05) is 6.54 Å². The van der Waals surface area contributed by atoms with Gasteiger partial charge in [0.25, 0.3) is 5.91 Å². The average molecular weight is 348 g/mol. The molecule has 0 saturated heterocycles. The Kier molecular flexibility index (Phi) is 5.58. The van der Waals surface area contributed by atoms with E-state index >= 15 is 0 Å². The van der Waals surface area contributed by atoms with Crippen molar-refractivity contribution in [2.45, 2.75) is 17.7 Å². The van der Waals surface area contributed by atoms with E-state index in [1.807, 2.05) is 37.3 Å². The fraction of sp³-hybridized carbons (Fsp3) is 0.235. The predicted molar refractivity (Wildman–Crippen MR) is 91.6 cm³/mol. The number of hydrogen-bond acceptors (Lipinski definition) is 4. The maximum Gasteiger partial charge on any atom is 0.255 e. The van der Waals surface area contributed by atoms with Crippen LogP contribution in [0.5, 0.6) is 5.75 Å². The molecule has 2 rings (SSSR count). The lowest BCUT2D eigenvalue weighted by Crippen LogP contribution is -2.28. The molecule has 0 spiro atoms. The molecule has 0 radical (unpaired) electrons. The van der Waals surface area contributed by atoms with Gasteiger partial charge in [0.05, 0.1) is 17.6 Å². The Labute approximate surface area is 141 Å². The minimum atomic E-state index is -3.89. The standard InChI is InChI=1S/C17H20N2O4S/c1-12(13-6-4-3-5-7-13)11-19-17(20)15-10-14(24(18,21)22)8-9-16(15)23-2/h3-10,12H,11H2,1-2H3,(H,19,20)(H2,18,21,22)/t12-/m0/s1. The number of nitrogens with two attached hydrogens (primary N) is 1. The van der Waals surface area contributed by atoms with Gasteiger partial charge in [0.2, 0.25) is 10.0 Å². The third kappa shape index (κ3) is 4.33. The molecule has 24 heavy (non-hydrogen) atoms. The lowest BCUT2D eigenvalue weighted by molar-refractivity contribution is 0.0948. The van der Waals surface area contributed by atoms with Crippen molar-refractivity contribution in [3.8, 4) is 5.75 Å². The van der Waals surface area contributed by atoms with E-state index in [2.05, 4.69) is 5.32 Å². The molecule has 0 aliphatic carbocycles. The number of methoxy groups -OCH3 is 1. The molecule has 2 aromatic rings. The van der Waals surface area contributed by atoms with E-state index in [0.717, 1.165) is 5.56 Å². The number of rotatable bonds is 6. The minimum Gasteiger partial charge on any atom is -0.496 e. The normalized spacial score (nSPS) is 12.5. The molecule has 0 aromatic heterocycles. The first kappa shape index (κ1) is 18.0. The van der Waals surface area contributed by atoms with Gasteiger partial charge >= 0.3 is 0 Å². The fourth-order valence-corrected chi connectivity index (χ4v) is 2.82. The third-order valence-electron chi connectivity index (χ3n) is 3.68. The van der Waals surface area contributed by atoms with Crippen LogP contribution in [0.1, 0.15) is 28.8 Å². The van der Waals surface area contributed by atoms with Crippen molar-refractivity contribution < 1.29 is 17.9 Å². The van der Waals surface area contributed by atoms with E-state index in [1.54, 1.807) is 0 Å². The SMILES string of the molecule is COc1ccc(S(N)(=O)=O)cc1C(=O)NC[C@H](C)c1ccccc1. The van der Waals surface area contributed by atoms with Crippen molar-refractivity contribution in [1.29, 1.82) is 0 Å². The number of amides is 1. The van der Waals surface area contributed by atoms with Crippen molar-refractivity contribution in [1.82, 2.24) is 5.32 Å². The molecule has 6 nitrogen and oxygen atoms in total. The number of carbonyl (C=O) groups excluding carboxylic acids is 1. The highest BCUT2D eigenvalue weighted by molar-refractivity contribution is 7.89. The summed E-state index contributed by atoms with van der Waals surface area (Å²) < 4.78 is 28.1. The highest BCUT2D eigenvalue weighted by Crippen LogP contribution is 2.22. The van der Waals surface area contributed by atoms with E-state index in [1.165, 1.54) is 25.3 Å². The molecular weight excluding hydrogens is 328 g/mol. The average Bonchev–Trinajstić information content (AvgIpc) is 2.58. The van der Waals surface area contributed by atoms with E-state index in [-0.39, 0.29) is 22.1 Å². The van der Waals surface area contributed by atoms with Gasteiger partial charge in [0.1, 0.15) is 5.75 Å². The summed E-state index contributed by atoms with van der Waals surface area (Å²) in [5.41, 5.74) is 1.23. The summed E-state index contributed by atoms with van der Waals surface area (Å²) in [4.78, 5) is 12.3. The molecule has 0 aliphatic heterocycles. The van der Waals surface area contributed by atoms with Crippen LogP contribution >= 0.6 is 0 Å². The van der Waals surface area contributed by atoms with Crippen molar-refractivity contribution >= 4 is 15.9 Å². The first-order valence-electron chi connectivity index (χ1n) is 7.37. The topological polar surface area (TPSA) is 98.5 Å². The first-order chi connectivity index (χ1) is 11.3.